The Morgan fingerprint density at radius 1 is 1.37 bits per heavy atom. The van der Waals surface area contributed by atoms with E-state index < -0.39 is 5.43 Å². The summed E-state index contributed by atoms with van der Waals surface area (Å²) in [6, 6.07) is 1.10. The Morgan fingerprint density at radius 3 is 2.58 bits per heavy atom. The first kappa shape index (κ1) is 14.0. The van der Waals surface area contributed by atoms with Crippen molar-refractivity contribution in [2.24, 2.45) is 0 Å². The molecule has 2 atom stereocenters. The number of rotatable bonds is 3. The molecule has 0 saturated carbocycles. The normalized spacial score (nSPS) is 24.6. The maximum atomic E-state index is 11.5. The highest BCUT2D eigenvalue weighted by Gasteiger charge is 2.24. The van der Waals surface area contributed by atoms with E-state index in [1.165, 1.54) is 0 Å². The Kier molecular flexibility index (Phi) is 4.24. The van der Waals surface area contributed by atoms with Crippen LogP contribution in [0.5, 0.6) is 5.75 Å². The number of aromatic hydroxyl groups is 1. The van der Waals surface area contributed by atoms with Gasteiger partial charge in [-0.1, -0.05) is 0 Å². The molecule has 19 heavy (non-hydrogen) atoms. The molecule has 2 heterocycles. The van der Waals surface area contributed by atoms with Gasteiger partial charge in [-0.2, -0.15) is 0 Å². The minimum Gasteiger partial charge on any atom is -0.502 e. The maximum Gasteiger partial charge on any atom is 0.227 e. The predicted molar refractivity (Wildman–Crippen MR) is 67.9 cm³/mol. The number of ether oxygens (including phenoxy) is 1. The van der Waals surface area contributed by atoms with Crippen molar-refractivity contribution in [3.8, 4) is 5.75 Å². The van der Waals surface area contributed by atoms with Gasteiger partial charge in [0.1, 0.15) is 12.4 Å². The zero-order valence-corrected chi connectivity index (χ0v) is 11.1. The van der Waals surface area contributed by atoms with Crippen molar-refractivity contribution in [2.75, 3.05) is 13.1 Å². The number of morpholine rings is 1. The molecule has 2 N–H and O–H groups in total. The fourth-order valence-electron chi connectivity index (χ4n) is 2.39. The molecule has 106 valence electrons. The lowest BCUT2D eigenvalue weighted by molar-refractivity contribution is -0.0722. The minimum absolute atomic E-state index is 0.0960. The molecule has 0 radical (unpaired) electrons. The van der Waals surface area contributed by atoms with E-state index in [2.05, 4.69) is 4.90 Å². The molecule has 0 aromatic carbocycles. The zero-order chi connectivity index (χ0) is 14.0. The van der Waals surface area contributed by atoms with Crippen LogP contribution in [0.4, 0.5) is 0 Å². The van der Waals surface area contributed by atoms with Crippen LogP contribution in [0.15, 0.2) is 15.3 Å². The number of hydrogen-bond acceptors (Lipinski definition) is 6. The summed E-state index contributed by atoms with van der Waals surface area (Å²) in [7, 11) is 0. The molecule has 1 fully saturated rings. The third-order valence-corrected chi connectivity index (χ3v) is 3.06. The first-order chi connectivity index (χ1) is 8.99. The number of aliphatic hydroxyl groups excluding tert-OH is 1. The van der Waals surface area contributed by atoms with Crippen LogP contribution in [-0.2, 0) is 17.9 Å². The van der Waals surface area contributed by atoms with Crippen LogP contribution in [0.2, 0.25) is 0 Å². The Morgan fingerprint density at radius 2 is 2.00 bits per heavy atom. The summed E-state index contributed by atoms with van der Waals surface area (Å²) >= 11 is 0. The average Bonchev–Trinajstić information content (AvgIpc) is 2.33. The minimum atomic E-state index is -0.528. The topological polar surface area (TPSA) is 83.1 Å². The van der Waals surface area contributed by atoms with Gasteiger partial charge in [0.25, 0.3) is 0 Å². The lowest BCUT2D eigenvalue weighted by Crippen LogP contribution is -2.44. The highest BCUT2D eigenvalue weighted by atomic mass is 16.5. The summed E-state index contributed by atoms with van der Waals surface area (Å²) in [5.41, 5.74) is -0.528. The first-order valence-corrected chi connectivity index (χ1v) is 6.33. The summed E-state index contributed by atoms with van der Waals surface area (Å²) < 4.78 is 10.9. The van der Waals surface area contributed by atoms with Crippen LogP contribution in [0, 0.1) is 0 Å². The second-order valence-corrected chi connectivity index (χ2v) is 4.96. The second-order valence-electron chi connectivity index (χ2n) is 4.96. The number of aliphatic hydroxyl groups is 1. The van der Waals surface area contributed by atoms with Crippen molar-refractivity contribution >= 4 is 0 Å². The Bertz CT molecular complexity index is 488. The quantitative estimate of drug-likeness (QED) is 0.829. The molecule has 1 aromatic heterocycles. The van der Waals surface area contributed by atoms with E-state index in [4.69, 9.17) is 14.3 Å². The maximum absolute atomic E-state index is 11.5. The van der Waals surface area contributed by atoms with Gasteiger partial charge < -0.3 is 19.4 Å². The van der Waals surface area contributed by atoms with E-state index in [-0.39, 0.29) is 36.1 Å². The van der Waals surface area contributed by atoms with Crippen LogP contribution in [0.25, 0.3) is 0 Å². The van der Waals surface area contributed by atoms with Crippen molar-refractivity contribution < 1.29 is 19.4 Å². The third-order valence-electron chi connectivity index (χ3n) is 3.06. The van der Waals surface area contributed by atoms with Crippen LogP contribution in [-0.4, -0.2) is 40.4 Å². The van der Waals surface area contributed by atoms with Gasteiger partial charge in [-0.15, -0.1) is 0 Å². The Hall–Kier alpha value is -1.37. The van der Waals surface area contributed by atoms with E-state index in [9.17, 15) is 9.90 Å². The summed E-state index contributed by atoms with van der Waals surface area (Å²) in [6.45, 7) is 5.32. The van der Waals surface area contributed by atoms with E-state index in [0.29, 0.717) is 19.6 Å². The van der Waals surface area contributed by atoms with E-state index >= 15 is 0 Å². The number of nitrogens with zero attached hydrogens (tertiary/aromatic N) is 1. The third kappa shape index (κ3) is 3.34. The lowest BCUT2D eigenvalue weighted by atomic mass is 10.2. The number of hydrogen-bond donors (Lipinski definition) is 2. The zero-order valence-electron chi connectivity index (χ0n) is 11.1. The SMILES string of the molecule is C[C@@H]1CN(Cc2oc(CO)cc(=O)c2O)C[C@H](C)O1. The molecule has 1 aromatic rings. The molecular formula is C13H19NO5. The predicted octanol–water partition coefficient (Wildman–Crippen LogP) is 0.447. The van der Waals surface area contributed by atoms with Gasteiger partial charge in [-0.25, -0.2) is 0 Å². The molecule has 6 heteroatoms. The fraction of sp³-hybridized carbons (Fsp3) is 0.615. The molecule has 0 aliphatic carbocycles. The monoisotopic (exact) mass is 269 g/mol. The van der Waals surface area contributed by atoms with Gasteiger partial charge in [0, 0.05) is 19.2 Å². The molecular weight excluding hydrogens is 250 g/mol. The van der Waals surface area contributed by atoms with Crippen LogP contribution >= 0.6 is 0 Å². The standard InChI is InChI=1S/C13H19NO5/c1-8-4-14(5-9(2)18-8)6-12-13(17)11(16)3-10(7-15)19-12/h3,8-9,15,17H,4-7H2,1-2H3/t8-,9+. The average molecular weight is 269 g/mol. The summed E-state index contributed by atoms with van der Waals surface area (Å²) in [5.74, 6) is -0.0333. The summed E-state index contributed by atoms with van der Waals surface area (Å²) in [5, 5.41) is 18.8. The molecule has 0 amide bonds. The second kappa shape index (κ2) is 5.73. The van der Waals surface area contributed by atoms with Crippen LogP contribution in [0.3, 0.4) is 0 Å². The Balaban J connectivity index is 2.18. The molecule has 0 bridgehead atoms. The molecule has 0 unspecified atom stereocenters. The van der Waals surface area contributed by atoms with Crippen molar-refractivity contribution in [2.45, 2.75) is 39.2 Å². The molecule has 0 spiro atoms. The largest absolute Gasteiger partial charge is 0.502 e. The summed E-state index contributed by atoms with van der Waals surface area (Å²) in [4.78, 5) is 13.6. The highest BCUT2D eigenvalue weighted by Crippen LogP contribution is 2.19. The van der Waals surface area contributed by atoms with Gasteiger partial charge in [0.15, 0.2) is 5.76 Å². The van der Waals surface area contributed by atoms with Crippen molar-refractivity contribution in [1.29, 1.82) is 0 Å². The van der Waals surface area contributed by atoms with Crippen molar-refractivity contribution in [3.05, 3.63) is 27.8 Å². The molecule has 2 rings (SSSR count). The van der Waals surface area contributed by atoms with Crippen molar-refractivity contribution in [1.82, 2.24) is 4.90 Å². The summed E-state index contributed by atoms with van der Waals surface area (Å²) in [6.07, 6.45) is 0.192. The van der Waals surface area contributed by atoms with Crippen molar-refractivity contribution in [3.63, 3.8) is 0 Å². The van der Waals surface area contributed by atoms with E-state index in [1.807, 2.05) is 13.8 Å². The molecule has 1 aliphatic rings. The Labute approximate surface area is 111 Å². The van der Waals surface area contributed by atoms with Gasteiger partial charge in [0.2, 0.25) is 11.2 Å². The van der Waals surface area contributed by atoms with Crippen LogP contribution in [0.1, 0.15) is 25.4 Å². The fourth-order valence-corrected chi connectivity index (χ4v) is 2.39. The van der Waals surface area contributed by atoms with Crippen LogP contribution < -0.4 is 5.43 Å². The molecule has 1 aliphatic heterocycles. The molecule has 1 saturated heterocycles. The van der Waals surface area contributed by atoms with Gasteiger partial charge in [0.05, 0.1) is 18.8 Å². The van der Waals surface area contributed by atoms with E-state index in [1.54, 1.807) is 0 Å². The first-order valence-electron chi connectivity index (χ1n) is 6.33. The lowest BCUT2D eigenvalue weighted by Gasteiger charge is -2.34. The molecule has 6 nitrogen and oxygen atoms in total. The van der Waals surface area contributed by atoms with Gasteiger partial charge in [-0.05, 0) is 13.8 Å². The van der Waals surface area contributed by atoms with E-state index in [0.717, 1.165) is 6.07 Å². The smallest absolute Gasteiger partial charge is 0.227 e. The van der Waals surface area contributed by atoms with Gasteiger partial charge >= 0.3 is 0 Å². The van der Waals surface area contributed by atoms with Gasteiger partial charge in [-0.3, -0.25) is 9.69 Å². The highest BCUT2D eigenvalue weighted by molar-refractivity contribution is 5.24.